The summed E-state index contributed by atoms with van der Waals surface area (Å²) in [5.41, 5.74) is 7.83. The second-order valence-corrected chi connectivity index (χ2v) is 7.59. The summed E-state index contributed by atoms with van der Waals surface area (Å²) in [5.74, 6) is 2.67. The fraction of sp³-hybridized carbons (Fsp3) is 0.250. The van der Waals surface area contributed by atoms with Gasteiger partial charge in [0.05, 0.1) is 46.2 Å². The van der Waals surface area contributed by atoms with Crippen LogP contribution in [-0.2, 0) is 6.54 Å². The maximum absolute atomic E-state index is 12.9. The van der Waals surface area contributed by atoms with Crippen molar-refractivity contribution in [3.05, 3.63) is 53.5 Å². The van der Waals surface area contributed by atoms with E-state index in [1.165, 1.54) is 11.8 Å². The molecule has 4 aromatic rings. The number of benzene rings is 2. The number of oxazole rings is 1. The van der Waals surface area contributed by atoms with Crippen molar-refractivity contribution in [3.63, 3.8) is 0 Å². The van der Waals surface area contributed by atoms with Crippen LogP contribution < -0.4 is 30.0 Å². The number of amides is 1. The number of anilines is 2. The number of nitrogens with zero attached hydrogens (tertiary/aromatic N) is 4. The minimum absolute atomic E-state index is 0.0360. The predicted molar refractivity (Wildman–Crippen MR) is 131 cm³/mol. The topological polar surface area (TPSA) is 149 Å². The smallest absolute Gasteiger partial charge is 0.280 e. The number of aromatic nitrogens is 4. The van der Waals surface area contributed by atoms with Crippen LogP contribution in [-0.4, -0.2) is 54.3 Å². The lowest BCUT2D eigenvalue weighted by Gasteiger charge is -2.11. The van der Waals surface area contributed by atoms with Gasteiger partial charge in [0.15, 0.2) is 11.5 Å². The first-order valence-electron chi connectivity index (χ1n) is 10.8. The lowest BCUT2D eigenvalue weighted by Crippen LogP contribution is -2.16. The Morgan fingerprint density at radius 3 is 2.33 bits per heavy atom. The van der Waals surface area contributed by atoms with Gasteiger partial charge >= 0.3 is 0 Å². The zero-order valence-corrected chi connectivity index (χ0v) is 20.5. The highest BCUT2D eigenvalue weighted by Crippen LogP contribution is 2.34. The van der Waals surface area contributed by atoms with E-state index in [2.05, 4.69) is 20.6 Å². The van der Waals surface area contributed by atoms with E-state index in [1.54, 1.807) is 64.7 Å². The van der Waals surface area contributed by atoms with Gasteiger partial charge in [-0.3, -0.25) is 4.79 Å². The Morgan fingerprint density at radius 1 is 1.00 bits per heavy atom. The van der Waals surface area contributed by atoms with Crippen molar-refractivity contribution in [2.75, 3.05) is 39.5 Å². The van der Waals surface area contributed by atoms with E-state index >= 15 is 0 Å². The number of hydrogen-bond donors (Lipinski definition) is 2. The van der Waals surface area contributed by atoms with E-state index in [9.17, 15) is 4.79 Å². The van der Waals surface area contributed by atoms with Crippen LogP contribution >= 0.6 is 0 Å². The molecular formula is C24H26N6O6. The van der Waals surface area contributed by atoms with Crippen LogP contribution in [0.25, 0.3) is 11.5 Å². The van der Waals surface area contributed by atoms with Gasteiger partial charge in [-0.15, -0.1) is 5.10 Å². The van der Waals surface area contributed by atoms with E-state index in [0.717, 1.165) is 0 Å². The Morgan fingerprint density at radius 2 is 1.67 bits per heavy atom. The van der Waals surface area contributed by atoms with Gasteiger partial charge in [-0.2, -0.15) is 0 Å². The molecule has 0 spiro atoms. The maximum atomic E-state index is 12.9. The van der Waals surface area contributed by atoms with Crippen LogP contribution in [0.2, 0.25) is 0 Å². The maximum Gasteiger partial charge on any atom is 0.280 e. The predicted octanol–water partition coefficient (Wildman–Crippen LogP) is 3.16. The zero-order chi connectivity index (χ0) is 25.8. The molecule has 3 N–H and O–H groups in total. The minimum Gasteiger partial charge on any atom is -0.497 e. The molecule has 0 aliphatic heterocycles. The molecule has 0 aliphatic rings. The SMILES string of the molecule is COc1ccc(NC(=O)c2nnn(Cc3nc(-c4ccc(OC)cc4OC)oc3C)c2N)c(OC)c1. The summed E-state index contributed by atoms with van der Waals surface area (Å²) in [6.45, 7) is 1.92. The summed E-state index contributed by atoms with van der Waals surface area (Å²) in [6, 6.07) is 10.3. The molecule has 12 heteroatoms. The first kappa shape index (κ1) is 24.4. The van der Waals surface area contributed by atoms with Crippen LogP contribution in [0.1, 0.15) is 21.9 Å². The third-order valence-electron chi connectivity index (χ3n) is 5.48. The number of ether oxygens (including phenoxy) is 4. The average Bonchev–Trinajstić information content (AvgIpc) is 3.45. The molecule has 4 rings (SSSR count). The second kappa shape index (κ2) is 10.3. The van der Waals surface area contributed by atoms with Crippen LogP contribution in [0.4, 0.5) is 11.5 Å². The Hall–Kier alpha value is -4.74. The van der Waals surface area contributed by atoms with Crippen LogP contribution in [0.5, 0.6) is 23.0 Å². The van der Waals surface area contributed by atoms with Crippen molar-refractivity contribution >= 4 is 17.4 Å². The molecule has 0 fully saturated rings. The van der Waals surface area contributed by atoms with Crippen molar-refractivity contribution in [1.82, 2.24) is 20.0 Å². The summed E-state index contributed by atoms with van der Waals surface area (Å²) in [7, 11) is 6.16. The number of hydrogen-bond acceptors (Lipinski definition) is 10. The second-order valence-electron chi connectivity index (χ2n) is 7.59. The van der Waals surface area contributed by atoms with Crippen LogP contribution in [0.3, 0.4) is 0 Å². The Labute approximate surface area is 206 Å². The van der Waals surface area contributed by atoms with Crippen molar-refractivity contribution in [2.24, 2.45) is 0 Å². The van der Waals surface area contributed by atoms with Gasteiger partial charge in [-0.25, -0.2) is 9.67 Å². The number of methoxy groups -OCH3 is 4. The molecule has 36 heavy (non-hydrogen) atoms. The van der Waals surface area contributed by atoms with Gasteiger partial charge in [0.25, 0.3) is 5.91 Å². The van der Waals surface area contributed by atoms with Gasteiger partial charge in [0.1, 0.15) is 34.5 Å². The Bertz CT molecular complexity index is 1400. The first-order valence-corrected chi connectivity index (χ1v) is 10.8. The molecule has 0 saturated carbocycles. The molecule has 0 aliphatic carbocycles. The first-order chi connectivity index (χ1) is 17.4. The zero-order valence-electron chi connectivity index (χ0n) is 20.5. The molecule has 188 valence electrons. The molecule has 2 aromatic carbocycles. The average molecular weight is 495 g/mol. The Kier molecular flexibility index (Phi) is 6.95. The standard InChI is InChI=1S/C24H26N6O6/c1-13-18(27-24(36-13)16-8-6-14(32-2)10-19(16)34-4)12-30-22(25)21(28-29-30)23(31)26-17-9-7-15(33-3)11-20(17)35-5/h6-11H,12,25H2,1-5H3,(H,26,31). The number of nitrogen functional groups attached to an aromatic ring is 1. The van der Waals surface area contributed by atoms with Crippen molar-refractivity contribution < 1.29 is 28.2 Å². The highest BCUT2D eigenvalue weighted by molar-refractivity contribution is 6.06. The largest absolute Gasteiger partial charge is 0.497 e. The fourth-order valence-corrected chi connectivity index (χ4v) is 3.49. The highest BCUT2D eigenvalue weighted by Gasteiger charge is 2.22. The quantitative estimate of drug-likeness (QED) is 0.355. The van der Waals surface area contributed by atoms with Crippen molar-refractivity contribution in [3.8, 4) is 34.5 Å². The van der Waals surface area contributed by atoms with Crippen LogP contribution in [0, 0.1) is 6.92 Å². The molecule has 0 unspecified atom stereocenters. The number of carbonyl (C=O) groups excluding carboxylic acids is 1. The van der Waals surface area contributed by atoms with E-state index < -0.39 is 5.91 Å². The summed E-state index contributed by atoms with van der Waals surface area (Å²) in [5, 5.41) is 10.7. The van der Waals surface area contributed by atoms with Gasteiger partial charge in [-0.05, 0) is 31.2 Å². The molecule has 12 nitrogen and oxygen atoms in total. The van der Waals surface area contributed by atoms with Gasteiger partial charge < -0.3 is 34.4 Å². The van der Waals surface area contributed by atoms with E-state index in [4.69, 9.17) is 29.1 Å². The van der Waals surface area contributed by atoms with Crippen LogP contribution in [0.15, 0.2) is 40.8 Å². The minimum atomic E-state index is -0.539. The lowest BCUT2D eigenvalue weighted by molar-refractivity contribution is 0.102. The fourth-order valence-electron chi connectivity index (χ4n) is 3.49. The Balaban J connectivity index is 1.55. The highest BCUT2D eigenvalue weighted by atomic mass is 16.5. The summed E-state index contributed by atoms with van der Waals surface area (Å²) in [4.78, 5) is 17.4. The summed E-state index contributed by atoms with van der Waals surface area (Å²) in [6.07, 6.45) is 0. The molecule has 1 amide bonds. The number of nitrogens with two attached hydrogens (primary N) is 1. The molecule has 0 atom stereocenters. The lowest BCUT2D eigenvalue weighted by atomic mass is 10.2. The number of nitrogens with one attached hydrogen (secondary N) is 1. The number of rotatable bonds is 9. The van der Waals surface area contributed by atoms with Gasteiger partial charge in [0, 0.05) is 12.1 Å². The van der Waals surface area contributed by atoms with E-state index in [1.807, 2.05) is 0 Å². The summed E-state index contributed by atoms with van der Waals surface area (Å²) >= 11 is 0. The molecule has 2 heterocycles. The monoisotopic (exact) mass is 494 g/mol. The molecule has 2 aromatic heterocycles. The van der Waals surface area contributed by atoms with E-state index in [0.29, 0.717) is 51.6 Å². The normalized spacial score (nSPS) is 10.7. The molecule has 0 radical (unpaired) electrons. The van der Waals surface area contributed by atoms with Gasteiger partial charge in [-0.1, -0.05) is 5.21 Å². The van der Waals surface area contributed by atoms with E-state index in [-0.39, 0.29) is 18.1 Å². The third kappa shape index (κ3) is 4.73. The number of carbonyl (C=O) groups is 1. The van der Waals surface area contributed by atoms with Crippen molar-refractivity contribution in [2.45, 2.75) is 13.5 Å². The molecule has 0 bridgehead atoms. The molecular weight excluding hydrogens is 468 g/mol. The third-order valence-corrected chi connectivity index (χ3v) is 5.48. The summed E-state index contributed by atoms with van der Waals surface area (Å²) < 4.78 is 28.4. The molecule has 0 saturated heterocycles. The number of aryl methyl sites for hydroxylation is 1. The van der Waals surface area contributed by atoms with Gasteiger partial charge in [0.2, 0.25) is 5.89 Å². The van der Waals surface area contributed by atoms with Crippen molar-refractivity contribution in [1.29, 1.82) is 0 Å².